The maximum Gasteiger partial charge on any atom is 0.573 e. The molecule has 0 atom stereocenters. The summed E-state index contributed by atoms with van der Waals surface area (Å²) in [5.41, 5.74) is 2.19. The number of hydrogen-bond acceptors (Lipinski definition) is 5. The van der Waals surface area contributed by atoms with Crippen LogP contribution in [-0.2, 0) is 14.8 Å². The number of nitrogens with one attached hydrogen (secondary N) is 2. The summed E-state index contributed by atoms with van der Waals surface area (Å²) < 4.78 is 66.9. The topological polar surface area (TPSA) is 105 Å². The molecule has 2 aromatic rings. The minimum Gasteiger partial charge on any atom is -0.406 e. The van der Waals surface area contributed by atoms with Crippen LogP contribution in [0.1, 0.15) is 5.56 Å². The quantitative estimate of drug-likeness (QED) is 0.392. The molecule has 7 nitrogen and oxygen atoms in total. The third-order valence-corrected chi connectivity index (χ3v) is 4.47. The molecule has 1 amide bonds. The SMILES string of the molecule is O=C(C=Cc1ccc(NS(=O)(=O)c2ccc(OC(F)(F)F)cc2)cc1)NO. The number of carbonyl (C=O) groups is 1. The van der Waals surface area contributed by atoms with Crippen LogP contribution in [0.3, 0.4) is 0 Å². The van der Waals surface area contributed by atoms with Gasteiger partial charge >= 0.3 is 6.36 Å². The first-order valence-electron chi connectivity index (χ1n) is 7.20. The number of sulfonamides is 1. The number of amides is 1. The van der Waals surface area contributed by atoms with Gasteiger partial charge in [-0.25, -0.2) is 13.9 Å². The second kappa shape index (κ2) is 8.10. The van der Waals surface area contributed by atoms with Gasteiger partial charge in [0.15, 0.2) is 0 Å². The van der Waals surface area contributed by atoms with Crippen molar-refractivity contribution in [1.29, 1.82) is 0 Å². The van der Waals surface area contributed by atoms with Crippen LogP contribution < -0.4 is 14.9 Å². The Balaban J connectivity index is 2.09. The molecule has 11 heteroatoms. The Kier molecular flexibility index (Phi) is 6.08. The second-order valence-corrected chi connectivity index (χ2v) is 6.74. The highest BCUT2D eigenvalue weighted by molar-refractivity contribution is 7.92. The van der Waals surface area contributed by atoms with Crippen molar-refractivity contribution in [3.8, 4) is 5.75 Å². The van der Waals surface area contributed by atoms with Crippen molar-refractivity contribution < 1.29 is 36.3 Å². The van der Waals surface area contributed by atoms with Crippen LogP contribution in [0.2, 0.25) is 0 Å². The number of rotatable bonds is 6. The van der Waals surface area contributed by atoms with Crippen LogP contribution in [0.5, 0.6) is 5.75 Å². The third-order valence-electron chi connectivity index (χ3n) is 3.07. The fourth-order valence-corrected chi connectivity index (χ4v) is 2.96. The molecule has 0 radical (unpaired) electrons. The molecule has 0 aliphatic carbocycles. The summed E-state index contributed by atoms with van der Waals surface area (Å²) in [5.74, 6) is -1.26. The summed E-state index contributed by atoms with van der Waals surface area (Å²) in [5, 5.41) is 8.37. The normalized spacial score (nSPS) is 12.0. The highest BCUT2D eigenvalue weighted by Crippen LogP contribution is 2.24. The van der Waals surface area contributed by atoms with Crippen molar-refractivity contribution >= 4 is 27.7 Å². The van der Waals surface area contributed by atoms with Crippen molar-refractivity contribution in [3.63, 3.8) is 0 Å². The molecule has 0 spiro atoms. The van der Waals surface area contributed by atoms with Crippen LogP contribution in [0.25, 0.3) is 6.08 Å². The van der Waals surface area contributed by atoms with E-state index in [1.54, 1.807) is 0 Å². The fraction of sp³-hybridized carbons (Fsp3) is 0.0625. The predicted molar refractivity (Wildman–Crippen MR) is 89.3 cm³/mol. The van der Waals surface area contributed by atoms with Crippen molar-refractivity contribution in [3.05, 3.63) is 60.2 Å². The highest BCUT2D eigenvalue weighted by Gasteiger charge is 2.31. The van der Waals surface area contributed by atoms with Gasteiger partial charge in [-0.3, -0.25) is 14.7 Å². The molecule has 0 bridgehead atoms. The molecule has 27 heavy (non-hydrogen) atoms. The number of anilines is 1. The van der Waals surface area contributed by atoms with E-state index in [-0.39, 0.29) is 10.6 Å². The summed E-state index contributed by atoms with van der Waals surface area (Å²) in [4.78, 5) is 10.6. The Morgan fingerprint density at radius 2 is 1.63 bits per heavy atom. The van der Waals surface area contributed by atoms with Gasteiger partial charge in [-0.2, -0.15) is 0 Å². The first kappa shape index (κ1) is 20.3. The minimum absolute atomic E-state index is 0.203. The standard InChI is InChI=1S/C16H13F3N2O5S/c17-16(18,19)26-13-6-8-14(9-7-13)27(24,25)21-12-4-1-11(2-5-12)3-10-15(22)20-23/h1-10,21,23H,(H,20,22). The Labute approximate surface area is 152 Å². The number of benzene rings is 2. The molecular formula is C16H13F3N2O5S. The first-order valence-corrected chi connectivity index (χ1v) is 8.68. The van der Waals surface area contributed by atoms with Crippen LogP contribution >= 0.6 is 0 Å². The molecule has 2 aromatic carbocycles. The number of hydrogen-bond donors (Lipinski definition) is 3. The van der Waals surface area contributed by atoms with Crippen molar-refractivity contribution in [2.75, 3.05) is 4.72 Å². The van der Waals surface area contributed by atoms with E-state index in [9.17, 15) is 26.4 Å². The average molecular weight is 402 g/mol. The van der Waals surface area contributed by atoms with E-state index >= 15 is 0 Å². The van der Waals surface area contributed by atoms with Gasteiger partial charge in [-0.15, -0.1) is 13.2 Å². The van der Waals surface area contributed by atoms with Crippen LogP contribution in [0.4, 0.5) is 18.9 Å². The van der Waals surface area contributed by atoms with E-state index < -0.39 is 28.0 Å². The Bertz CT molecular complexity index is 924. The molecule has 3 N–H and O–H groups in total. The van der Waals surface area contributed by atoms with E-state index in [0.717, 1.165) is 30.3 Å². The molecule has 144 valence electrons. The number of ether oxygens (including phenoxy) is 1. The van der Waals surface area contributed by atoms with Crippen molar-refractivity contribution in [1.82, 2.24) is 5.48 Å². The lowest BCUT2D eigenvalue weighted by molar-refractivity contribution is -0.274. The van der Waals surface area contributed by atoms with Gasteiger partial charge in [0.05, 0.1) is 4.90 Å². The van der Waals surface area contributed by atoms with E-state index in [4.69, 9.17) is 5.21 Å². The van der Waals surface area contributed by atoms with E-state index in [2.05, 4.69) is 9.46 Å². The van der Waals surface area contributed by atoms with Crippen molar-refractivity contribution in [2.24, 2.45) is 0 Å². The summed E-state index contributed by atoms with van der Waals surface area (Å²) in [7, 11) is -4.02. The zero-order chi connectivity index (χ0) is 20.1. The predicted octanol–water partition coefficient (Wildman–Crippen LogP) is 2.90. The molecule has 0 unspecified atom stereocenters. The lowest BCUT2D eigenvalue weighted by atomic mass is 10.2. The molecule has 0 saturated heterocycles. The number of hydroxylamine groups is 1. The maximum atomic E-state index is 12.3. The van der Waals surface area contributed by atoms with Gasteiger partial charge in [0.1, 0.15) is 5.75 Å². The smallest absolute Gasteiger partial charge is 0.406 e. The van der Waals surface area contributed by atoms with Gasteiger partial charge in [0, 0.05) is 11.8 Å². The van der Waals surface area contributed by atoms with E-state index in [1.807, 2.05) is 0 Å². The van der Waals surface area contributed by atoms with E-state index in [1.165, 1.54) is 35.8 Å². The zero-order valence-electron chi connectivity index (χ0n) is 13.4. The summed E-state index contributed by atoms with van der Waals surface area (Å²) >= 11 is 0. The number of halogens is 3. The fourth-order valence-electron chi connectivity index (χ4n) is 1.91. The van der Waals surface area contributed by atoms with Gasteiger partial charge in [0.2, 0.25) is 0 Å². The molecule has 0 aromatic heterocycles. The molecule has 2 rings (SSSR count). The molecule has 0 heterocycles. The summed E-state index contributed by atoms with van der Waals surface area (Å²) in [6.45, 7) is 0. The summed E-state index contributed by atoms with van der Waals surface area (Å²) in [6, 6.07) is 9.62. The Hall–Kier alpha value is -3.05. The average Bonchev–Trinajstić information content (AvgIpc) is 2.59. The minimum atomic E-state index is -4.87. The zero-order valence-corrected chi connectivity index (χ0v) is 14.2. The van der Waals surface area contributed by atoms with Gasteiger partial charge in [-0.05, 0) is 48.0 Å². The molecule has 0 aliphatic heterocycles. The largest absolute Gasteiger partial charge is 0.573 e. The third kappa shape index (κ3) is 6.31. The lowest BCUT2D eigenvalue weighted by Crippen LogP contribution is -2.17. The van der Waals surface area contributed by atoms with Crippen LogP contribution in [0, 0.1) is 0 Å². The first-order chi connectivity index (χ1) is 12.6. The number of carbonyl (C=O) groups excluding carboxylic acids is 1. The Morgan fingerprint density at radius 1 is 1.04 bits per heavy atom. The second-order valence-electron chi connectivity index (χ2n) is 5.06. The van der Waals surface area contributed by atoms with Gasteiger partial charge in [0.25, 0.3) is 15.9 Å². The molecule has 0 saturated carbocycles. The number of alkyl halides is 3. The lowest BCUT2D eigenvalue weighted by Gasteiger charge is -2.11. The molecule has 0 fully saturated rings. The van der Waals surface area contributed by atoms with Gasteiger partial charge in [-0.1, -0.05) is 12.1 Å². The monoisotopic (exact) mass is 402 g/mol. The Morgan fingerprint density at radius 3 is 2.15 bits per heavy atom. The maximum absolute atomic E-state index is 12.3. The molecular weight excluding hydrogens is 389 g/mol. The van der Waals surface area contributed by atoms with Crippen LogP contribution in [-0.4, -0.2) is 25.9 Å². The highest BCUT2D eigenvalue weighted by atomic mass is 32.2. The van der Waals surface area contributed by atoms with Crippen molar-refractivity contribution in [2.45, 2.75) is 11.3 Å². The molecule has 0 aliphatic rings. The summed E-state index contributed by atoms with van der Waals surface area (Å²) in [6.07, 6.45) is -2.40. The van der Waals surface area contributed by atoms with E-state index in [0.29, 0.717) is 5.56 Å². The van der Waals surface area contributed by atoms with Gasteiger partial charge < -0.3 is 4.74 Å². The van der Waals surface area contributed by atoms with Crippen LogP contribution in [0.15, 0.2) is 59.5 Å².